The van der Waals surface area contributed by atoms with Crippen molar-refractivity contribution >= 4 is 28.9 Å². The summed E-state index contributed by atoms with van der Waals surface area (Å²) in [6, 6.07) is 13.6. The minimum atomic E-state index is 0.433. The van der Waals surface area contributed by atoms with Crippen molar-refractivity contribution in [3.8, 4) is 5.69 Å². The van der Waals surface area contributed by atoms with Crippen molar-refractivity contribution in [1.29, 1.82) is 0 Å². The third-order valence-corrected chi connectivity index (χ3v) is 5.74. The van der Waals surface area contributed by atoms with Crippen molar-refractivity contribution in [3.05, 3.63) is 75.3 Å². The van der Waals surface area contributed by atoms with Gasteiger partial charge in [-0.15, -0.1) is 10.2 Å². The smallest absolute Gasteiger partial charge is 0.159 e. The van der Waals surface area contributed by atoms with E-state index in [9.17, 15) is 0 Å². The highest BCUT2D eigenvalue weighted by Crippen LogP contribution is 2.31. The highest BCUT2D eigenvalue weighted by atomic mass is 35.5. The summed E-state index contributed by atoms with van der Waals surface area (Å²) in [6.07, 6.45) is 2.64. The Bertz CT molecular complexity index is 1070. The Kier molecular flexibility index (Phi) is 4.67. The fourth-order valence-electron chi connectivity index (χ4n) is 3.57. The Labute approximate surface area is 173 Å². The van der Waals surface area contributed by atoms with E-state index in [-0.39, 0.29) is 0 Å². The minimum absolute atomic E-state index is 0.433. The number of aliphatic imine (C=N–C) groups is 1. The second-order valence-corrected chi connectivity index (χ2v) is 8.09. The van der Waals surface area contributed by atoms with Gasteiger partial charge in [0, 0.05) is 21.2 Å². The zero-order valence-electron chi connectivity index (χ0n) is 15.2. The van der Waals surface area contributed by atoms with Gasteiger partial charge in [0.15, 0.2) is 11.6 Å². The van der Waals surface area contributed by atoms with E-state index >= 15 is 0 Å². The molecule has 0 bridgehead atoms. The average Bonchev–Trinajstić information content (AvgIpc) is 3.45. The van der Waals surface area contributed by atoms with E-state index in [1.165, 1.54) is 12.8 Å². The monoisotopic (exact) mass is 411 g/mol. The van der Waals surface area contributed by atoms with Crippen LogP contribution in [0.25, 0.3) is 5.69 Å². The maximum atomic E-state index is 6.48. The lowest BCUT2D eigenvalue weighted by atomic mass is 10.0. The molecule has 2 heterocycles. The van der Waals surface area contributed by atoms with E-state index in [0.717, 1.165) is 46.6 Å². The van der Waals surface area contributed by atoms with Crippen LogP contribution in [0.4, 0.5) is 0 Å². The molecule has 1 aliphatic heterocycles. The molecule has 28 heavy (non-hydrogen) atoms. The third-order valence-electron chi connectivity index (χ3n) is 5.17. The molecule has 1 fully saturated rings. The van der Waals surface area contributed by atoms with Gasteiger partial charge < -0.3 is 5.32 Å². The molecule has 1 aliphatic carbocycles. The first-order valence-corrected chi connectivity index (χ1v) is 10.2. The fraction of sp³-hybridized carbons (Fsp3) is 0.286. The van der Waals surface area contributed by atoms with Crippen molar-refractivity contribution in [1.82, 2.24) is 20.1 Å². The van der Waals surface area contributed by atoms with Gasteiger partial charge in [0.2, 0.25) is 0 Å². The summed E-state index contributed by atoms with van der Waals surface area (Å²) in [5.41, 5.74) is 3.62. The molecule has 0 unspecified atom stereocenters. The number of nitrogens with zero attached hydrogens (tertiary/aromatic N) is 4. The van der Waals surface area contributed by atoms with Crippen molar-refractivity contribution < 1.29 is 0 Å². The van der Waals surface area contributed by atoms with Gasteiger partial charge in [0.05, 0.1) is 17.9 Å². The van der Waals surface area contributed by atoms with Crippen LogP contribution >= 0.6 is 23.2 Å². The standard InChI is InChI=1S/C21H19Cl2N5/c22-14-7-8-18-16(9-14)21(15-3-1-2-4-17(15)23)25-12-20-27-26-19(28(18)20)11-24-10-13-5-6-13/h1-4,7-9,13,24H,5-6,10-12H2. The molecule has 5 nitrogen and oxygen atoms in total. The number of hydrogen-bond donors (Lipinski definition) is 1. The lowest BCUT2D eigenvalue weighted by Crippen LogP contribution is -2.20. The van der Waals surface area contributed by atoms with Crippen LogP contribution in [0.1, 0.15) is 35.6 Å². The number of fused-ring (bicyclic) bond motifs is 3. The topological polar surface area (TPSA) is 55.1 Å². The molecule has 5 rings (SSSR count). The van der Waals surface area contributed by atoms with E-state index in [0.29, 0.717) is 23.1 Å². The van der Waals surface area contributed by atoms with Crippen LogP contribution in [0.2, 0.25) is 10.0 Å². The number of halogens is 2. The number of rotatable bonds is 5. The second-order valence-electron chi connectivity index (χ2n) is 7.25. The average molecular weight is 412 g/mol. The zero-order valence-corrected chi connectivity index (χ0v) is 16.7. The van der Waals surface area contributed by atoms with Crippen molar-refractivity contribution in [2.24, 2.45) is 10.9 Å². The maximum absolute atomic E-state index is 6.48. The van der Waals surface area contributed by atoms with Crippen LogP contribution in [0, 0.1) is 5.92 Å². The number of nitrogens with one attached hydrogen (secondary N) is 1. The summed E-state index contributed by atoms with van der Waals surface area (Å²) in [7, 11) is 0. The Morgan fingerprint density at radius 3 is 2.71 bits per heavy atom. The van der Waals surface area contributed by atoms with Gasteiger partial charge in [0.25, 0.3) is 0 Å². The molecule has 0 amide bonds. The van der Waals surface area contributed by atoms with Crippen LogP contribution in [0.5, 0.6) is 0 Å². The molecule has 0 spiro atoms. The van der Waals surface area contributed by atoms with Gasteiger partial charge in [-0.3, -0.25) is 9.56 Å². The largest absolute Gasteiger partial charge is 0.310 e. The van der Waals surface area contributed by atoms with Crippen LogP contribution in [-0.2, 0) is 13.1 Å². The fourth-order valence-corrected chi connectivity index (χ4v) is 3.97. The number of benzene rings is 2. The molecule has 0 radical (unpaired) electrons. The van der Waals surface area contributed by atoms with Crippen LogP contribution in [0.3, 0.4) is 0 Å². The lowest BCUT2D eigenvalue weighted by Gasteiger charge is -2.15. The predicted molar refractivity (Wildman–Crippen MR) is 112 cm³/mol. The van der Waals surface area contributed by atoms with Crippen molar-refractivity contribution in [2.75, 3.05) is 6.54 Å². The van der Waals surface area contributed by atoms with E-state index in [4.69, 9.17) is 28.2 Å². The highest BCUT2D eigenvalue weighted by Gasteiger charge is 2.25. The molecule has 2 aliphatic rings. The van der Waals surface area contributed by atoms with Gasteiger partial charge in [-0.05, 0) is 49.6 Å². The van der Waals surface area contributed by atoms with E-state index in [1.807, 2.05) is 42.5 Å². The number of hydrogen-bond acceptors (Lipinski definition) is 4. The van der Waals surface area contributed by atoms with Crippen molar-refractivity contribution in [3.63, 3.8) is 0 Å². The SMILES string of the molecule is Clc1ccc2c(c1)C(c1ccccc1Cl)=NCc1nnc(CNCC3CC3)n1-2. The summed E-state index contributed by atoms with van der Waals surface area (Å²) in [6.45, 7) is 2.13. The van der Waals surface area contributed by atoms with Gasteiger partial charge >= 0.3 is 0 Å². The molecule has 7 heteroatoms. The van der Waals surface area contributed by atoms with Crippen LogP contribution in [-0.4, -0.2) is 27.0 Å². The first kappa shape index (κ1) is 17.9. The maximum Gasteiger partial charge on any atom is 0.159 e. The first-order valence-electron chi connectivity index (χ1n) is 9.44. The zero-order chi connectivity index (χ0) is 19.1. The molecule has 1 aromatic heterocycles. The first-order chi connectivity index (χ1) is 13.7. The van der Waals surface area contributed by atoms with Crippen molar-refractivity contribution in [2.45, 2.75) is 25.9 Å². The number of aromatic nitrogens is 3. The summed E-state index contributed by atoms with van der Waals surface area (Å²) in [4.78, 5) is 4.84. The van der Waals surface area contributed by atoms with E-state index < -0.39 is 0 Å². The second kappa shape index (κ2) is 7.32. The highest BCUT2D eigenvalue weighted by molar-refractivity contribution is 6.36. The van der Waals surface area contributed by atoms with Crippen LogP contribution < -0.4 is 5.32 Å². The molecular weight excluding hydrogens is 393 g/mol. The molecule has 3 aromatic rings. The molecule has 0 atom stereocenters. The minimum Gasteiger partial charge on any atom is -0.310 e. The van der Waals surface area contributed by atoms with Gasteiger partial charge in [-0.25, -0.2) is 0 Å². The Morgan fingerprint density at radius 2 is 1.89 bits per heavy atom. The molecule has 0 saturated heterocycles. The van der Waals surface area contributed by atoms with Gasteiger partial charge in [-0.1, -0.05) is 41.4 Å². The third kappa shape index (κ3) is 3.34. The summed E-state index contributed by atoms with van der Waals surface area (Å²) >= 11 is 12.8. The van der Waals surface area contributed by atoms with Crippen LogP contribution in [0.15, 0.2) is 47.5 Å². The lowest BCUT2D eigenvalue weighted by molar-refractivity contribution is 0.611. The Morgan fingerprint density at radius 1 is 1.04 bits per heavy atom. The quantitative estimate of drug-likeness (QED) is 0.675. The summed E-state index contributed by atoms with van der Waals surface area (Å²) < 4.78 is 2.10. The molecule has 1 saturated carbocycles. The molecule has 1 N–H and O–H groups in total. The molecular formula is C21H19Cl2N5. The normalized spacial score (nSPS) is 15.6. The molecule has 2 aromatic carbocycles. The van der Waals surface area contributed by atoms with Gasteiger partial charge in [-0.2, -0.15) is 0 Å². The molecule has 142 valence electrons. The van der Waals surface area contributed by atoms with Gasteiger partial charge in [0.1, 0.15) is 6.54 Å². The Balaban J connectivity index is 1.59. The van der Waals surface area contributed by atoms with E-state index in [1.54, 1.807) is 0 Å². The summed E-state index contributed by atoms with van der Waals surface area (Å²) in [5, 5.41) is 13.6. The Hall–Kier alpha value is -2.21. The predicted octanol–water partition coefficient (Wildman–Crippen LogP) is 4.42. The summed E-state index contributed by atoms with van der Waals surface area (Å²) in [5.74, 6) is 2.51. The van der Waals surface area contributed by atoms with E-state index in [2.05, 4.69) is 20.1 Å².